The van der Waals surface area contributed by atoms with Crippen molar-refractivity contribution in [1.82, 2.24) is 0 Å². The van der Waals surface area contributed by atoms with Gasteiger partial charge in [0.15, 0.2) is 11.5 Å². The Bertz CT molecular complexity index is 334. The Balaban J connectivity index is 2.93. The summed E-state index contributed by atoms with van der Waals surface area (Å²) in [7, 11) is 3.20. The van der Waals surface area contributed by atoms with Crippen LogP contribution in [-0.4, -0.2) is 19.2 Å². The molecule has 4 heteroatoms. The molecule has 0 aliphatic heterocycles. The van der Waals surface area contributed by atoms with E-state index in [1.54, 1.807) is 21.1 Å². The third-order valence-corrected chi connectivity index (χ3v) is 2.13. The minimum atomic E-state index is -0.737. The van der Waals surface area contributed by atoms with E-state index in [9.17, 15) is 0 Å². The van der Waals surface area contributed by atoms with Gasteiger partial charge in [0, 0.05) is 6.42 Å². The van der Waals surface area contributed by atoms with Crippen molar-refractivity contribution in [3.8, 4) is 11.5 Å². The van der Waals surface area contributed by atoms with Gasteiger partial charge in [-0.3, -0.25) is 0 Å². The minimum Gasteiger partial charge on any atom is -0.493 e. The Morgan fingerprint density at radius 2 is 1.87 bits per heavy atom. The van der Waals surface area contributed by atoms with Crippen LogP contribution in [0.4, 0.5) is 0 Å². The van der Waals surface area contributed by atoms with Crippen LogP contribution in [0, 0.1) is 0 Å². The molecule has 0 heterocycles. The molecule has 1 rings (SSSR count). The Hall–Kier alpha value is -0.930. The molecule has 0 aliphatic carbocycles. The van der Waals surface area contributed by atoms with Crippen molar-refractivity contribution in [2.75, 3.05) is 14.2 Å². The lowest BCUT2D eigenvalue weighted by Gasteiger charge is -2.16. The van der Waals surface area contributed by atoms with E-state index in [-0.39, 0.29) is 0 Å². The summed E-state index contributed by atoms with van der Waals surface area (Å²) in [5.74, 6) is 1.39. The molecule has 1 aromatic rings. The molecule has 0 aliphatic rings. The molecule has 1 atom stereocenters. The largest absolute Gasteiger partial charge is 0.493 e. The van der Waals surface area contributed by atoms with Gasteiger partial charge in [-0.25, -0.2) is 0 Å². The van der Waals surface area contributed by atoms with Gasteiger partial charge < -0.3 is 15.2 Å². The van der Waals surface area contributed by atoms with E-state index in [1.807, 2.05) is 18.2 Å². The van der Waals surface area contributed by atoms with E-state index in [4.69, 9.17) is 26.8 Å². The van der Waals surface area contributed by atoms with Crippen molar-refractivity contribution in [3.05, 3.63) is 23.8 Å². The highest BCUT2D eigenvalue weighted by molar-refractivity contribution is 6.23. The van der Waals surface area contributed by atoms with Gasteiger partial charge in [0.25, 0.3) is 0 Å². The molecule has 0 aromatic heterocycles. The first-order chi connectivity index (χ1) is 6.96. The fourth-order valence-corrected chi connectivity index (χ4v) is 1.54. The molecular weight excluding hydrogens is 214 g/mol. The van der Waals surface area contributed by atoms with Crippen LogP contribution in [0.15, 0.2) is 18.2 Å². The monoisotopic (exact) mass is 229 g/mol. The summed E-state index contributed by atoms with van der Waals surface area (Å²) in [6.45, 7) is 1.77. The smallest absolute Gasteiger partial charge is 0.160 e. The Morgan fingerprint density at radius 1 is 1.27 bits per heavy atom. The molecule has 3 nitrogen and oxygen atoms in total. The molecule has 0 saturated heterocycles. The second-order valence-electron chi connectivity index (χ2n) is 3.64. The van der Waals surface area contributed by atoms with Crippen LogP contribution in [0.25, 0.3) is 0 Å². The molecule has 1 aromatic carbocycles. The normalized spacial score (nSPS) is 14.5. The number of halogens is 1. The van der Waals surface area contributed by atoms with Crippen LogP contribution in [0.1, 0.15) is 12.5 Å². The lowest BCUT2D eigenvalue weighted by molar-refractivity contribution is 0.354. The van der Waals surface area contributed by atoms with Gasteiger partial charge in [0.05, 0.1) is 19.2 Å². The van der Waals surface area contributed by atoms with E-state index in [1.165, 1.54) is 0 Å². The van der Waals surface area contributed by atoms with Crippen LogP contribution in [-0.2, 0) is 6.42 Å². The van der Waals surface area contributed by atoms with Crippen LogP contribution in [0.5, 0.6) is 11.5 Å². The summed E-state index contributed by atoms with van der Waals surface area (Å²) in [5, 5.41) is 0. The molecule has 15 heavy (non-hydrogen) atoms. The van der Waals surface area contributed by atoms with Crippen molar-refractivity contribution >= 4 is 11.6 Å². The number of nitrogens with two attached hydrogens (primary N) is 1. The first-order valence-electron chi connectivity index (χ1n) is 4.65. The number of hydrogen-bond acceptors (Lipinski definition) is 3. The topological polar surface area (TPSA) is 44.5 Å². The SMILES string of the molecule is COc1ccc(CC(C)(N)Cl)cc1OC. The molecular formula is C11H16ClNO2. The van der Waals surface area contributed by atoms with Crippen molar-refractivity contribution in [2.24, 2.45) is 5.73 Å². The zero-order valence-corrected chi connectivity index (χ0v) is 9.97. The quantitative estimate of drug-likeness (QED) is 0.636. The summed E-state index contributed by atoms with van der Waals surface area (Å²) in [6, 6.07) is 5.65. The Morgan fingerprint density at radius 3 is 2.33 bits per heavy atom. The number of ether oxygens (including phenoxy) is 2. The lowest BCUT2D eigenvalue weighted by Crippen LogP contribution is -2.31. The highest BCUT2D eigenvalue weighted by Crippen LogP contribution is 2.29. The molecule has 0 radical (unpaired) electrons. The molecule has 0 bridgehead atoms. The van der Waals surface area contributed by atoms with E-state index in [0.717, 1.165) is 5.56 Å². The van der Waals surface area contributed by atoms with Gasteiger partial charge in [-0.1, -0.05) is 6.07 Å². The Labute approximate surface area is 95.1 Å². The fourth-order valence-electron chi connectivity index (χ4n) is 1.39. The molecule has 0 fully saturated rings. The van der Waals surface area contributed by atoms with Gasteiger partial charge in [0.1, 0.15) is 0 Å². The summed E-state index contributed by atoms with van der Waals surface area (Å²) in [6.07, 6.45) is 0.578. The predicted molar refractivity (Wildman–Crippen MR) is 61.7 cm³/mol. The van der Waals surface area contributed by atoms with Crippen LogP contribution in [0.3, 0.4) is 0 Å². The summed E-state index contributed by atoms with van der Waals surface area (Å²) >= 11 is 5.94. The van der Waals surface area contributed by atoms with E-state index in [0.29, 0.717) is 17.9 Å². The van der Waals surface area contributed by atoms with Gasteiger partial charge in [-0.15, -0.1) is 11.6 Å². The third kappa shape index (κ3) is 3.61. The van der Waals surface area contributed by atoms with Crippen LogP contribution < -0.4 is 15.2 Å². The van der Waals surface area contributed by atoms with Crippen molar-refractivity contribution < 1.29 is 9.47 Å². The van der Waals surface area contributed by atoms with Gasteiger partial charge in [-0.05, 0) is 24.6 Å². The van der Waals surface area contributed by atoms with Crippen molar-refractivity contribution in [2.45, 2.75) is 18.3 Å². The molecule has 0 amide bonds. The minimum absolute atomic E-state index is 0.578. The van der Waals surface area contributed by atoms with Gasteiger partial charge >= 0.3 is 0 Å². The van der Waals surface area contributed by atoms with Crippen LogP contribution >= 0.6 is 11.6 Å². The molecule has 0 saturated carbocycles. The zero-order valence-electron chi connectivity index (χ0n) is 9.21. The first-order valence-corrected chi connectivity index (χ1v) is 5.03. The highest BCUT2D eigenvalue weighted by Gasteiger charge is 2.15. The van der Waals surface area contributed by atoms with Gasteiger partial charge in [0.2, 0.25) is 0 Å². The summed E-state index contributed by atoms with van der Waals surface area (Å²) < 4.78 is 10.3. The number of alkyl halides is 1. The van der Waals surface area contributed by atoms with Crippen molar-refractivity contribution in [3.63, 3.8) is 0 Å². The summed E-state index contributed by atoms with van der Waals surface area (Å²) in [4.78, 5) is -0.737. The molecule has 0 spiro atoms. The van der Waals surface area contributed by atoms with E-state index < -0.39 is 5.00 Å². The number of rotatable bonds is 4. The maximum atomic E-state index is 5.94. The number of methoxy groups -OCH3 is 2. The number of benzene rings is 1. The fraction of sp³-hybridized carbons (Fsp3) is 0.455. The van der Waals surface area contributed by atoms with E-state index in [2.05, 4.69) is 0 Å². The molecule has 84 valence electrons. The first kappa shape index (κ1) is 12.1. The second-order valence-corrected chi connectivity index (χ2v) is 4.51. The lowest BCUT2D eigenvalue weighted by atomic mass is 10.1. The second kappa shape index (κ2) is 4.73. The van der Waals surface area contributed by atoms with Crippen molar-refractivity contribution in [1.29, 1.82) is 0 Å². The zero-order chi connectivity index (χ0) is 11.5. The maximum absolute atomic E-state index is 5.94. The molecule has 1 unspecified atom stereocenters. The number of hydrogen-bond donors (Lipinski definition) is 1. The Kier molecular flexibility index (Phi) is 3.83. The van der Waals surface area contributed by atoms with Gasteiger partial charge in [-0.2, -0.15) is 0 Å². The average molecular weight is 230 g/mol. The highest BCUT2D eigenvalue weighted by atomic mass is 35.5. The standard InChI is InChI=1S/C11H16ClNO2/c1-11(12,13)7-8-4-5-9(14-2)10(6-8)15-3/h4-6H,7,13H2,1-3H3. The summed E-state index contributed by atoms with van der Waals surface area (Å²) in [5.41, 5.74) is 6.74. The van der Waals surface area contributed by atoms with Crippen LogP contribution in [0.2, 0.25) is 0 Å². The maximum Gasteiger partial charge on any atom is 0.160 e. The third-order valence-electron chi connectivity index (χ3n) is 2.00. The predicted octanol–water partition coefficient (Wildman–Crippen LogP) is 2.16. The molecule has 2 N–H and O–H groups in total. The van der Waals surface area contributed by atoms with E-state index >= 15 is 0 Å². The average Bonchev–Trinajstić information content (AvgIpc) is 2.15.